The molecular weight excluding hydrogens is 731 g/mol. The smallest absolute Gasteiger partial charge is 0.149 e. The second kappa shape index (κ2) is 15.1. The summed E-state index contributed by atoms with van der Waals surface area (Å²) in [6.07, 6.45) is 1.82. The Hall–Kier alpha value is -6.26. The average Bonchev–Trinajstić information content (AvgIpc) is 3.62. The number of phenolic OH excluding ortho intramolecular Hbond substituents is 1. The van der Waals surface area contributed by atoms with Gasteiger partial charge in [0.2, 0.25) is 0 Å². The Morgan fingerprint density at radius 3 is 1.93 bits per heavy atom. The quantitative estimate of drug-likeness (QED) is 0.182. The second-order valence-electron chi connectivity index (χ2n) is 19.3. The fourth-order valence-corrected chi connectivity index (χ4v) is 8.12. The third kappa shape index (κ3) is 7.79. The van der Waals surface area contributed by atoms with Crippen molar-refractivity contribution in [1.29, 1.82) is 0 Å². The first-order chi connectivity index (χ1) is 29.6. The van der Waals surface area contributed by atoms with Gasteiger partial charge in [-0.15, -0.1) is 0 Å². The van der Waals surface area contributed by atoms with Crippen LogP contribution in [0.15, 0.2) is 140 Å². The van der Waals surface area contributed by atoms with E-state index in [1.165, 1.54) is 5.56 Å². The fourth-order valence-electron chi connectivity index (χ4n) is 8.12. The predicted octanol–water partition coefficient (Wildman–Crippen LogP) is 15.0. The maximum atomic E-state index is 12.3. The summed E-state index contributed by atoms with van der Waals surface area (Å²) in [7, 11) is 0. The summed E-state index contributed by atoms with van der Waals surface area (Å²) in [6.45, 7) is 19.7. The number of fused-ring (bicyclic) bond motifs is 1. The van der Waals surface area contributed by atoms with Crippen molar-refractivity contribution in [2.75, 3.05) is 0 Å². The van der Waals surface area contributed by atoms with Gasteiger partial charge < -0.3 is 5.11 Å². The minimum absolute atomic E-state index is 0.0834. The molecule has 4 nitrogen and oxygen atoms in total. The zero-order valence-corrected chi connectivity index (χ0v) is 36.6. The van der Waals surface area contributed by atoms with Gasteiger partial charge in [-0.3, -0.25) is 9.55 Å². The number of aromatic hydroxyl groups is 1. The molecule has 0 radical (unpaired) electrons. The van der Waals surface area contributed by atoms with Gasteiger partial charge >= 0.3 is 0 Å². The molecule has 302 valence electrons. The van der Waals surface area contributed by atoms with E-state index in [1.807, 2.05) is 30.5 Å². The monoisotopic (exact) mass is 790 g/mol. The Kier molecular flexibility index (Phi) is 9.25. The molecule has 1 N–H and O–H groups in total. The van der Waals surface area contributed by atoms with Crippen molar-refractivity contribution >= 4 is 11.0 Å². The van der Waals surface area contributed by atoms with Crippen LogP contribution in [0.25, 0.3) is 72.7 Å². The number of phenols is 1. The standard InChI is InChI=1S/C56H57N3O/c1-35-20-22-37(23-21-35)39-26-27-57-48(33-39)41-30-40(31-43(32-41)55(6,7)8)44-18-15-19-50-51(44)58-53(46-28-36(2)29-47(52(46)60)56(9,10)11)59(50)49-25-24-42(54(3,4)5)34-45(49)38-16-13-12-14-17-38/h12-34,60H,1-11H3/i1D3. The lowest BCUT2D eigenvalue weighted by Crippen LogP contribution is -2.13. The number of hydrogen-bond donors (Lipinski definition) is 1. The molecule has 0 aliphatic heterocycles. The number of aromatic nitrogens is 3. The van der Waals surface area contributed by atoms with Gasteiger partial charge in [0.05, 0.1) is 28.0 Å². The summed E-state index contributed by atoms with van der Waals surface area (Å²) in [5, 5.41) is 12.3. The van der Waals surface area contributed by atoms with E-state index in [9.17, 15) is 5.11 Å². The number of aryl methyl sites for hydroxylation is 2. The van der Waals surface area contributed by atoms with Gasteiger partial charge in [-0.1, -0.05) is 153 Å². The van der Waals surface area contributed by atoms with Crippen LogP contribution in [-0.4, -0.2) is 19.6 Å². The van der Waals surface area contributed by atoms with E-state index in [-0.39, 0.29) is 22.0 Å². The minimum Gasteiger partial charge on any atom is -0.507 e. The number of benzene rings is 6. The molecule has 0 fully saturated rings. The molecular formula is C56H57N3O. The molecule has 0 spiro atoms. The fraction of sp³-hybridized carbons (Fsp3) is 0.250. The lowest BCUT2D eigenvalue weighted by atomic mass is 9.83. The number of pyridine rings is 1. The summed E-state index contributed by atoms with van der Waals surface area (Å²) in [5.74, 6) is 0.894. The van der Waals surface area contributed by atoms with Crippen LogP contribution in [-0.2, 0) is 16.2 Å². The molecule has 0 unspecified atom stereocenters. The summed E-state index contributed by atoms with van der Waals surface area (Å²) in [6, 6.07) is 45.6. The molecule has 8 aromatic rings. The van der Waals surface area contributed by atoms with E-state index in [4.69, 9.17) is 14.1 Å². The van der Waals surface area contributed by atoms with Gasteiger partial charge in [0.15, 0.2) is 0 Å². The maximum Gasteiger partial charge on any atom is 0.149 e. The second-order valence-corrected chi connectivity index (χ2v) is 19.3. The van der Waals surface area contributed by atoms with Gasteiger partial charge in [0.1, 0.15) is 11.6 Å². The number of nitrogens with zero attached hydrogens (tertiary/aromatic N) is 3. The van der Waals surface area contributed by atoms with Crippen molar-refractivity contribution in [3.05, 3.63) is 167 Å². The van der Waals surface area contributed by atoms with E-state index in [1.54, 1.807) is 12.1 Å². The molecule has 60 heavy (non-hydrogen) atoms. The zero-order valence-electron chi connectivity index (χ0n) is 39.6. The maximum absolute atomic E-state index is 12.3. The van der Waals surface area contributed by atoms with Gasteiger partial charge in [0, 0.05) is 32.6 Å². The van der Waals surface area contributed by atoms with Gasteiger partial charge in [-0.05, 0) is 117 Å². The molecule has 0 amide bonds. The van der Waals surface area contributed by atoms with Crippen LogP contribution >= 0.6 is 0 Å². The topological polar surface area (TPSA) is 50.9 Å². The predicted molar refractivity (Wildman–Crippen MR) is 253 cm³/mol. The minimum atomic E-state index is -2.16. The molecule has 8 rings (SSSR count). The molecule has 0 aliphatic rings. The Balaban J connectivity index is 1.40. The van der Waals surface area contributed by atoms with Gasteiger partial charge in [-0.25, -0.2) is 4.98 Å². The Morgan fingerprint density at radius 1 is 0.533 bits per heavy atom. The SMILES string of the molecule is [2H]C([2H])([2H])c1ccc(-c2ccnc(-c3cc(-c4cccc5c4nc(-c4cc(C)cc(C(C)(C)C)c4O)n5-c4ccc(C(C)(C)C)cc4-c4ccccc4)cc(C(C)(C)C)c3)c2)cc1. The molecule has 0 bridgehead atoms. The van der Waals surface area contributed by atoms with Crippen molar-refractivity contribution in [2.24, 2.45) is 0 Å². The lowest BCUT2D eigenvalue weighted by molar-refractivity contribution is 0.448. The highest BCUT2D eigenvalue weighted by Gasteiger charge is 2.28. The van der Waals surface area contributed by atoms with E-state index >= 15 is 0 Å². The average molecular weight is 791 g/mol. The number of hydrogen-bond acceptors (Lipinski definition) is 3. The molecule has 6 aromatic carbocycles. The summed E-state index contributed by atoms with van der Waals surface area (Å²) in [5.41, 5.74) is 15.2. The normalized spacial score (nSPS) is 13.3. The molecule has 2 heterocycles. The summed E-state index contributed by atoms with van der Waals surface area (Å²) in [4.78, 5) is 10.5. The number of rotatable bonds is 6. The van der Waals surface area contributed by atoms with Crippen molar-refractivity contribution in [3.63, 3.8) is 0 Å². The molecule has 2 aromatic heterocycles. The van der Waals surface area contributed by atoms with Crippen molar-refractivity contribution in [2.45, 2.75) is 92.3 Å². The van der Waals surface area contributed by atoms with Crippen LogP contribution in [0.4, 0.5) is 0 Å². The van der Waals surface area contributed by atoms with Crippen LogP contribution in [0.1, 0.15) is 94.2 Å². The molecule has 4 heteroatoms. The molecule has 0 aliphatic carbocycles. The van der Waals surface area contributed by atoms with E-state index < -0.39 is 6.85 Å². The van der Waals surface area contributed by atoms with E-state index in [0.717, 1.165) is 78.0 Å². The highest BCUT2D eigenvalue weighted by atomic mass is 16.3. The molecule has 0 saturated carbocycles. The van der Waals surface area contributed by atoms with Gasteiger partial charge in [-0.2, -0.15) is 0 Å². The van der Waals surface area contributed by atoms with E-state index in [2.05, 4.69) is 171 Å². The van der Waals surface area contributed by atoms with Crippen LogP contribution in [0.3, 0.4) is 0 Å². The Labute approximate surface area is 360 Å². The first-order valence-electron chi connectivity index (χ1n) is 22.4. The molecule has 0 atom stereocenters. The Morgan fingerprint density at radius 2 is 1.25 bits per heavy atom. The summed E-state index contributed by atoms with van der Waals surface area (Å²) >= 11 is 0. The third-order valence-corrected chi connectivity index (χ3v) is 11.6. The Bertz CT molecular complexity index is 2990. The van der Waals surface area contributed by atoms with Crippen molar-refractivity contribution in [3.8, 4) is 67.5 Å². The highest BCUT2D eigenvalue weighted by molar-refractivity contribution is 5.98. The first kappa shape index (κ1) is 36.8. The number of para-hydroxylation sites is 1. The van der Waals surface area contributed by atoms with Crippen LogP contribution in [0.2, 0.25) is 0 Å². The largest absolute Gasteiger partial charge is 0.507 e. The summed E-state index contributed by atoms with van der Waals surface area (Å²) < 4.78 is 25.7. The van der Waals surface area contributed by atoms with Crippen LogP contribution in [0.5, 0.6) is 5.75 Å². The third-order valence-electron chi connectivity index (χ3n) is 11.6. The van der Waals surface area contributed by atoms with Crippen molar-refractivity contribution < 1.29 is 9.22 Å². The first-order valence-corrected chi connectivity index (χ1v) is 20.9. The van der Waals surface area contributed by atoms with Crippen LogP contribution in [0, 0.1) is 13.8 Å². The lowest BCUT2D eigenvalue weighted by Gasteiger charge is -2.24. The highest BCUT2D eigenvalue weighted by Crippen LogP contribution is 2.45. The zero-order chi connectivity index (χ0) is 45.2. The van der Waals surface area contributed by atoms with Gasteiger partial charge in [0.25, 0.3) is 0 Å². The molecule has 0 saturated heterocycles. The van der Waals surface area contributed by atoms with E-state index in [0.29, 0.717) is 17.0 Å². The number of imidazole rings is 1. The van der Waals surface area contributed by atoms with Crippen LogP contribution < -0.4 is 0 Å². The van der Waals surface area contributed by atoms with Crippen molar-refractivity contribution in [1.82, 2.24) is 14.5 Å².